The fourth-order valence-corrected chi connectivity index (χ4v) is 2.94. The second kappa shape index (κ2) is 11.2. The molecule has 3 N–H and O–H groups in total. The summed E-state index contributed by atoms with van der Waals surface area (Å²) in [4.78, 5) is 35.2. The van der Waals surface area contributed by atoms with Crippen LogP contribution in [-0.2, 0) is 27.2 Å². The van der Waals surface area contributed by atoms with Gasteiger partial charge in [0.2, 0.25) is 5.91 Å². The highest BCUT2D eigenvalue weighted by Gasteiger charge is 2.24. The number of alkyl carbamates (subject to hydrolysis) is 1. The third kappa shape index (κ3) is 8.29. The Balaban J connectivity index is 2.06. The van der Waals surface area contributed by atoms with Gasteiger partial charge in [0.05, 0.1) is 0 Å². The zero-order chi connectivity index (χ0) is 23.7. The van der Waals surface area contributed by atoms with Crippen LogP contribution in [0, 0.1) is 0 Å². The van der Waals surface area contributed by atoms with Gasteiger partial charge in [-0.15, -0.1) is 0 Å². The molecule has 0 aromatic heterocycles. The molecule has 0 spiro atoms. The van der Waals surface area contributed by atoms with E-state index < -0.39 is 23.7 Å². The van der Waals surface area contributed by atoms with Gasteiger partial charge in [-0.1, -0.05) is 30.3 Å². The smallest absolute Gasteiger partial charge is 0.408 e. The van der Waals surface area contributed by atoms with E-state index >= 15 is 0 Å². The number of para-hydroxylation sites is 1. The van der Waals surface area contributed by atoms with Crippen molar-refractivity contribution < 1.29 is 29.0 Å². The highest BCUT2D eigenvalue weighted by molar-refractivity contribution is 5.85. The number of carbonyl (C=O) groups excluding carboxylic acids is 2. The molecule has 0 bridgehead atoms. The summed E-state index contributed by atoms with van der Waals surface area (Å²) in [5, 5.41) is 14.1. The maximum absolute atomic E-state index is 12.2. The van der Waals surface area contributed by atoms with Crippen LogP contribution in [-0.4, -0.2) is 41.8 Å². The normalized spacial score (nSPS) is 11.9. The summed E-state index contributed by atoms with van der Waals surface area (Å²) in [6, 6.07) is 13.6. The molecular weight excluding hydrogens is 412 g/mol. The summed E-state index contributed by atoms with van der Waals surface area (Å²) in [6.45, 7) is 5.25. The Hall–Kier alpha value is -3.55. The summed E-state index contributed by atoms with van der Waals surface area (Å²) in [6.07, 6.45) is -0.00325. The van der Waals surface area contributed by atoms with Crippen LogP contribution in [0.5, 0.6) is 11.5 Å². The summed E-state index contributed by atoms with van der Waals surface area (Å²) in [5.41, 5.74) is 0.957. The van der Waals surface area contributed by atoms with Crippen molar-refractivity contribution >= 4 is 18.0 Å². The lowest BCUT2D eigenvalue weighted by Gasteiger charge is -2.23. The summed E-state index contributed by atoms with van der Waals surface area (Å²) in [7, 11) is 1.50. The number of aryl methyl sites for hydroxylation is 1. The van der Waals surface area contributed by atoms with Crippen LogP contribution < -0.4 is 15.4 Å². The van der Waals surface area contributed by atoms with Crippen LogP contribution in [0.4, 0.5) is 4.79 Å². The Morgan fingerprint density at radius 2 is 1.69 bits per heavy atom. The lowest BCUT2D eigenvalue weighted by Crippen LogP contribution is -2.48. The van der Waals surface area contributed by atoms with Crippen molar-refractivity contribution in [2.75, 3.05) is 7.05 Å². The fourth-order valence-electron chi connectivity index (χ4n) is 2.94. The second-order valence-electron chi connectivity index (χ2n) is 8.26. The van der Waals surface area contributed by atoms with Crippen LogP contribution in [0.3, 0.4) is 0 Å². The molecule has 0 unspecified atom stereocenters. The molecule has 1 atom stereocenters. The van der Waals surface area contributed by atoms with Gasteiger partial charge in [-0.05, 0) is 56.5 Å². The van der Waals surface area contributed by atoms with E-state index in [-0.39, 0.29) is 18.7 Å². The van der Waals surface area contributed by atoms with Gasteiger partial charge in [0, 0.05) is 19.9 Å². The zero-order valence-electron chi connectivity index (χ0n) is 18.8. The number of carboxylic acids is 1. The molecule has 0 saturated heterocycles. The first-order valence-corrected chi connectivity index (χ1v) is 10.3. The molecule has 0 heterocycles. The minimum Gasteiger partial charge on any atom is -0.481 e. The van der Waals surface area contributed by atoms with Gasteiger partial charge in [-0.25, -0.2) is 4.79 Å². The van der Waals surface area contributed by atoms with Crippen LogP contribution in [0.1, 0.15) is 38.3 Å². The quantitative estimate of drug-likeness (QED) is 0.546. The van der Waals surface area contributed by atoms with E-state index in [9.17, 15) is 14.4 Å². The Morgan fingerprint density at radius 3 is 2.28 bits per heavy atom. The van der Waals surface area contributed by atoms with Gasteiger partial charge in [-0.2, -0.15) is 0 Å². The Morgan fingerprint density at radius 1 is 1.03 bits per heavy atom. The highest BCUT2D eigenvalue weighted by atomic mass is 16.6. The van der Waals surface area contributed by atoms with E-state index in [1.807, 2.05) is 30.3 Å². The summed E-state index contributed by atoms with van der Waals surface area (Å²) < 4.78 is 11.2. The maximum Gasteiger partial charge on any atom is 0.408 e. The molecule has 32 heavy (non-hydrogen) atoms. The monoisotopic (exact) mass is 442 g/mol. The standard InChI is InChI=1S/C24H30N2O6/c1-24(2,3)32-23(30)26-19(22(29)25-4)15-16-9-12-18(13-10-16)31-20-8-6-5-7-17(20)11-14-21(27)28/h5-10,12-13,19H,11,14-15H2,1-4H3,(H,25,29)(H,26,30)(H,27,28)/t19-/m0/s1. The number of carbonyl (C=O) groups is 3. The van der Waals surface area contributed by atoms with Crippen molar-refractivity contribution in [1.82, 2.24) is 10.6 Å². The lowest BCUT2D eigenvalue weighted by atomic mass is 10.1. The molecule has 0 radical (unpaired) electrons. The molecule has 0 aliphatic carbocycles. The molecule has 0 fully saturated rings. The minimum absolute atomic E-state index is 0.0187. The van der Waals surface area contributed by atoms with Crippen molar-refractivity contribution in [2.24, 2.45) is 0 Å². The molecule has 0 aliphatic heterocycles. The number of hydrogen-bond acceptors (Lipinski definition) is 5. The molecule has 8 heteroatoms. The van der Waals surface area contributed by atoms with E-state index in [4.69, 9.17) is 14.6 Å². The third-order valence-corrected chi connectivity index (χ3v) is 4.43. The van der Waals surface area contributed by atoms with E-state index in [0.29, 0.717) is 17.9 Å². The van der Waals surface area contributed by atoms with Crippen molar-refractivity contribution in [2.45, 2.75) is 51.7 Å². The zero-order valence-corrected chi connectivity index (χ0v) is 18.8. The molecule has 2 rings (SSSR count). The number of nitrogens with one attached hydrogen (secondary N) is 2. The first-order valence-electron chi connectivity index (χ1n) is 10.3. The minimum atomic E-state index is -0.866. The van der Waals surface area contributed by atoms with Crippen molar-refractivity contribution in [3.05, 3.63) is 59.7 Å². The van der Waals surface area contributed by atoms with Crippen molar-refractivity contribution in [3.8, 4) is 11.5 Å². The molecule has 0 saturated carbocycles. The molecule has 2 aromatic carbocycles. The number of hydrogen-bond donors (Lipinski definition) is 3. The second-order valence-corrected chi connectivity index (χ2v) is 8.26. The Labute approximate surface area is 187 Å². The van der Waals surface area contributed by atoms with Gasteiger partial charge in [-0.3, -0.25) is 9.59 Å². The van der Waals surface area contributed by atoms with E-state index in [1.165, 1.54) is 7.05 Å². The molecule has 2 amide bonds. The fraction of sp³-hybridized carbons (Fsp3) is 0.375. The van der Waals surface area contributed by atoms with E-state index in [0.717, 1.165) is 11.1 Å². The van der Waals surface area contributed by atoms with Crippen LogP contribution in [0.15, 0.2) is 48.5 Å². The SMILES string of the molecule is CNC(=O)[C@H](Cc1ccc(Oc2ccccc2CCC(=O)O)cc1)NC(=O)OC(C)(C)C. The molecular formula is C24H30N2O6. The third-order valence-electron chi connectivity index (χ3n) is 4.43. The number of aliphatic carboxylic acids is 1. The van der Waals surface area contributed by atoms with Gasteiger partial charge < -0.3 is 25.2 Å². The predicted molar refractivity (Wildman–Crippen MR) is 120 cm³/mol. The maximum atomic E-state index is 12.2. The number of likely N-dealkylation sites (N-methyl/N-ethyl adjacent to an activating group) is 1. The molecule has 2 aromatic rings. The average molecular weight is 443 g/mol. The average Bonchev–Trinajstić information content (AvgIpc) is 2.72. The van der Waals surface area contributed by atoms with Crippen LogP contribution >= 0.6 is 0 Å². The van der Waals surface area contributed by atoms with Crippen LogP contribution in [0.25, 0.3) is 0 Å². The molecule has 8 nitrogen and oxygen atoms in total. The lowest BCUT2D eigenvalue weighted by molar-refractivity contribution is -0.137. The van der Waals surface area contributed by atoms with Crippen molar-refractivity contribution in [3.63, 3.8) is 0 Å². The first kappa shape index (κ1) is 24.7. The largest absolute Gasteiger partial charge is 0.481 e. The van der Waals surface area contributed by atoms with E-state index in [2.05, 4.69) is 10.6 Å². The Kier molecular flexibility index (Phi) is 8.63. The predicted octanol–water partition coefficient (Wildman–Crippen LogP) is 3.68. The number of amides is 2. The Bertz CT molecular complexity index is 934. The van der Waals surface area contributed by atoms with Crippen molar-refractivity contribution in [1.29, 1.82) is 0 Å². The van der Waals surface area contributed by atoms with Gasteiger partial charge in [0.25, 0.3) is 0 Å². The number of rotatable bonds is 9. The number of ether oxygens (including phenoxy) is 2. The van der Waals surface area contributed by atoms with Gasteiger partial charge >= 0.3 is 12.1 Å². The number of benzene rings is 2. The van der Waals surface area contributed by atoms with Crippen LogP contribution in [0.2, 0.25) is 0 Å². The highest BCUT2D eigenvalue weighted by Crippen LogP contribution is 2.26. The molecule has 0 aliphatic rings. The van der Waals surface area contributed by atoms with Gasteiger partial charge in [0.1, 0.15) is 23.1 Å². The topological polar surface area (TPSA) is 114 Å². The summed E-state index contributed by atoms with van der Waals surface area (Å²) in [5.74, 6) is -0.0252. The number of carboxylic acid groups (broad SMARTS) is 1. The van der Waals surface area contributed by atoms with E-state index in [1.54, 1.807) is 39.0 Å². The molecule has 172 valence electrons. The summed E-state index contributed by atoms with van der Waals surface area (Å²) >= 11 is 0. The first-order chi connectivity index (χ1) is 15.1. The van der Waals surface area contributed by atoms with Gasteiger partial charge in [0.15, 0.2) is 0 Å².